The fourth-order valence-electron chi connectivity index (χ4n) is 0.977. The maximum atomic E-state index is 4.08. The van der Waals surface area contributed by atoms with E-state index in [-0.39, 0.29) is 0 Å². The molecule has 53 valence electrons. The first-order valence-corrected chi connectivity index (χ1v) is 3.46. The number of hydrogen-bond donors (Lipinski definition) is 0. The van der Waals surface area contributed by atoms with E-state index in [1.54, 1.807) is 12.4 Å². The second kappa shape index (κ2) is 2.66. The lowest BCUT2D eigenvalue weighted by Crippen LogP contribution is -1.87. The molecule has 2 heteroatoms. The number of rotatable bonds is 1. The molecule has 0 aromatic heterocycles. The third kappa shape index (κ3) is 1.19. The third-order valence-electron chi connectivity index (χ3n) is 1.49. The Labute approximate surface area is 65.3 Å². The van der Waals surface area contributed by atoms with E-state index in [1.165, 1.54) is 0 Å². The molecule has 0 bridgehead atoms. The van der Waals surface area contributed by atoms with Crippen LogP contribution in [0.3, 0.4) is 0 Å². The van der Waals surface area contributed by atoms with Crippen LogP contribution in [0.5, 0.6) is 0 Å². The summed E-state index contributed by atoms with van der Waals surface area (Å²) < 4.78 is 0. The molecule has 1 aliphatic heterocycles. The second-order valence-electron chi connectivity index (χ2n) is 2.25. The molecule has 0 saturated heterocycles. The van der Waals surface area contributed by atoms with Gasteiger partial charge in [-0.05, 0) is 0 Å². The minimum atomic E-state index is 0.797. The van der Waals surface area contributed by atoms with Crippen molar-refractivity contribution in [2.45, 2.75) is 0 Å². The standard InChI is InChI=1S/C9H7N2/c1-2-4-8(5-3-1)9-10-6-7-11-9/h1-7H. The summed E-state index contributed by atoms with van der Waals surface area (Å²) in [7, 11) is 0. The Morgan fingerprint density at radius 2 is 1.45 bits per heavy atom. The van der Waals surface area contributed by atoms with E-state index < -0.39 is 0 Å². The van der Waals surface area contributed by atoms with Crippen molar-refractivity contribution in [2.75, 3.05) is 0 Å². The van der Waals surface area contributed by atoms with E-state index in [2.05, 4.69) is 9.98 Å². The minimum Gasteiger partial charge on any atom is -0.252 e. The second-order valence-corrected chi connectivity index (χ2v) is 2.25. The Balaban J connectivity index is 2.30. The van der Waals surface area contributed by atoms with Crippen LogP contribution in [-0.4, -0.2) is 12.4 Å². The molecule has 0 aliphatic carbocycles. The summed E-state index contributed by atoms with van der Waals surface area (Å²) in [5, 5.41) is 0. The summed E-state index contributed by atoms with van der Waals surface area (Å²) in [6.07, 6.45) is 4.19. The molecule has 1 aromatic carbocycles. The zero-order valence-corrected chi connectivity index (χ0v) is 5.94. The highest BCUT2D eigenvalue weighted by molar-refractivity contribution is 6.18. The third-order valence-corrected chi connectivity index (χ3v) is 1.49. The number of benzene rings is 1. The predicted molar refractivity (Wildman–Crippen MR) is 45.8 cm³/mol. The average Bonchev–Trinajstić information content (AvgIpc) is 2.58. The summed E-state index contributed by atoms with van der Waals surface area (Å²) in [6.45, 7) is 0. The molecule has 1 heterocycles. The van der Waals surface area contributed by atoms with Crippen molar-refractivity contribution in [3.63, 3.8) is 0 Å². The van der Waals surface area contributed by atoms with Crippen LogP contribution >= 0.6 is 0 Å². The highest BCUT2D eigenvalue weighted by atomic mass is 15.0. The molecular weight excluding hydrogens is 136 g/mol. The van der Waals surface area contributed by atoms with Gasteiger partial charge in [-0.3, -0.25) is 9.98 Å². The first kappa shape index (κ1) is 6.28. The molecule has 1 aliphatic rings. The predicted octanol–water partition coefficient (Wildman–Crippen LogP) is 1.68. The summed E-state index contributed by atoms with van der Waals surface area (Å²) in [5.41, 5.74) is 1.07. The van der Waals surface area contributed by atoms with E-state index in [0.717, 1.165) is 11.7 Å². The number of hydrogen-bond acceptors (Lipinski definition) is 2. The molecule has 2 nitrogen and oxygen atoms in total. The summed E-state index contributed by atoms with van der Waals surface area (Å²) >= 11 is 0. The van der Waals surface area contributed by atoms with E-state index in [1.807, 2.05) is 30.3 Å². The topological polar surface area (TPSA) is 24.7 Å². The van der Waals surface area contributed by atoms with Gasteiger partial charge >= 0.3 is 0 Å². The van der Waals surface area contributed by atoms with Gasteiger partial charge in [0.25, 0.3) is 0 Å². The Bertz CT molecular complexity index is 276. The lowest BCUT2D eigenvalue weighted by Gasteiger charge is -1.99. The Morgan fingerprint density at radius 1 is 0.818 bits per heavy atom. The van der Waals surface area contributed by atoms with Crippen LogP contribution < -0.4 is 0 Å². The van der Waals surface area contributed by atoms with E-state index >= 15 is 0 Å². The Morgan fingerprint density at radius 3 is 2.09 bits per heavy atom. The van der Waals surface area contributed by atoms with Crippen LogP contribution in [0, 0.1) is 6.17 Å². The van der Waals surface area contributed by atoms with Gasteiger partial charge in [-0.1, -0.05) is 30.3 Å². The zero-order chi connectivity index (χ0) is 7.52. The molecular formula is C9H7N2. The van der Waals surface area contributed by atoms with Crippen LogP contribution in [0.15, 0.2) is 40.3 Å². The van der Waals surface area contributed by atoms with Crippen molar-refractivity contribution >= 4 is 12.4 Å². The lowest BCUT2D eigenvalue weighted by atomic mass is 10.2. The molecule has 0 saturated carbocycles. The molecule has 1 radical (unpaired) electrons. The van der Waals surface area contributed by atoms with Gasteiger partial charge in [-0.15, -0.1) is 0 Å². The van der Waals surface area contributed by atoms with Crippen LogP contribution in [0.2, 0.25) is 0 Å². The Hall–Kier alpha value is -1.44. The summed E-state index contributed by atoms with van der Waals surface area (Å²) in [6, 6.07) is 9.93. The van der Waals surface area contributed by atoms with Gasteiger partial charge in [0.05, 0.1) is 0 Å². The first-order chi connectivity index (χ1) is 5.47. The van der Waals surface area contributed by atoms with Crippen molar-refractivity contribution in [3.8, 4) is 0 Å². The van der Waals surface area contributed by atoms with Crippen LogP contribution in [-0.2, 0) is 0 Å². The average molecular weight is 143 g/mol. The quantitative estimate of drug-likeness (QED) is 0.571. The fraction of sp³-hybridized carbons (Fsp3) is 0. The van der Waals surface area contributed by atoms with Crippen LogP contribution in [0.1, 0.15) is 5.56 Å². The van der Waals surface area contributed by atoms with Crippen LogP contribution in [0.4, 0.5) is 0 Å². The minimum absolute atomic E-state index is 0.797. The molecule has 0 unspecified atom stereocenters. The maximum absolute atomic E-state index is 4.08. The Kier molecular flexibility index (Phi) is 1.52. The lowest BCUT2D eigenvalue weighted by molar-refractivity contribution is 1.07. The molecule has 1 aromatic rings. The summed E-state index contributed by atoms with van der Waals surface area (Å²) in [4.78, 5) is 8.15. The largest absolute Gasteiger partial charge is 0.252 e. The molecule has 11 heavy (non-hydrogen) atoms. The van der Waals surface area contributed by atoms with E-state index in [0.29, 0.717) is 0 Å². The van der Waals surface area contributed by atoms with Crippen molar-refractivity contribution < 1.29 is 0 Å². The maximum Gasteiger partial charge on any atom is 0.225 e. The molecule has 0 N–H and O–H groups in total. The fourth-order valence-corrected chi connectivity index (χ4v) is 0.977. The molecule has 2 rings (SSSR count). The van der Waals surface area contributed by atoms with Gasteiger partial charge in [0, 0.05) is 18.0 Å². The normalized spacial score (nSPS) is 16.0. The van der Waals surface area contributed by atoms with Gasteiger partial charge in [-0.2, -0.15) is 0 Å². The van der Waals surface area contributed by atoms with Crippen LogP contribution in [0.25, 0.3) is 0 Å². The van der Waals surface area contributed by atoms with Gasteiger partial charge in [-0.25, -0.2) is 0 Å². The molecule has 0 fully saturated rings. The molecule has 0 atom stereocenters. The highest BCUT2D eigenvalue weighted by Crippen LogP contribution is 2.17. The van der Waals surface area contributed by atoms with Gasteiger partial charge in [0.1, 0.15) is 0 Å². The van der Waals surface area contributed by atoms with Gasteiger partial charge in [0.15, 0.2) is 0 Å². The summed E-state index contributed by atoms with van der Waals surface area (Å²) in [5.74, 6) is 0. The first-order valence-electron chi connectivity index (χ1n) is 3.46. The van der Waals surface area contributed by atoms with E-state index in [4.69, 9.17) is 0 Å². The van der Waals surface area contributed by atoms with Crippen molar-refractivity contribution in [1.29, 1.82) is 0 Å². The van der Waals surface area contributed by atoms with Gasteiger partial charge in [0.2, 0.25) is 6.17 Å². The smallest absolute Gasteiger partial charge is 0.225 e. The zero-order valence-electron chi connectivity index (χ0n) is 5.94. The van der Waals surface area contributed by atoms with Crippen molar-refractivity contribution in [3.05, 3.63) is 42.1 Å². The number of nitrogens with zero attached hydrogens (tertiary/aromatic N) is 2. The molecule has 0 spiro atoms. The highest BCUT2D eigenvalue weighted by Gasteiger charge is 2.09. The SMILES string of the molecule is C1=N[C](c2ccccc2)N=C1. The van der Waals surface area contributed by atoms with Crippen molar-refractivity contribution in [2.24, 2.45) is 9.98 Å². The van der Waals surface area contributed by atoms with Crippen molar-refractivity contribution in [1.82, 2.24) is 0 Å². The molecule has 0 amide bonds. The van der Waals surface area contributed by atoms with E-state index in [9.17, 15) is 0 Å². The van der Waals surface area contributed by atoms with Gasteiger partial charge < -0.3 is 0 Å². The monoisotopic (exact) mass is 143 g/mol. The number of aliphatic imine (C=N–C) groups is 2.